The Hall–Kier alpha value is -1.41. The zero-order valence-corrected chi connectivity index (χ0v) is 18.0. The molecule has 1 heterocycles. The maximum absolute atomic E-state index is 13.1. The Morgan fingerprint density at radius 3 is 2.40 bits per heavy atom. The van der Waals surface area contributed by atoms with Crippen molar-refractivity contribution in [2.24, 2.45) is 23.7 Å². The van der Waals surface area contributed by atoms with Crippen molar-refractivity contribution in [3.8, 4) is 0 Å². The lowest BCUT2D eigenvalue weighted by molar-refractivity contribution is -0.220. The van der Waals surface area contributed by atoms with Crippen molar-refractivity contribution >= 4 is 44.0 Å². The minimum atomic E-state index is -5.27. The summed E-state index contributed by atoms with van der Waals surface area (Å²) in [5, 5.41) is 0. The predicted molar refractivity (Wildman–Crippen MR) is 93.7 cm³/mol. The summed E-state index contributed by atoms with van der Waals surface area (Å²) in [6.45, 7) is 3.00. The molecule has 1 saturated heterocycles. The highest BCUT2D eigenvalue weighted by atomic mass is 79.9. The Balaban J connectivity index is 1.83. The van der Waals surface area contributed by atoms with Crippen LogP contribution in [0, 0.1) is 23.7 Å². The first-order valence-corrected chi connectivity index (χ1v) is 11.2. The van der Waals surface area contributed by atoms with Crippen LogP contribution in [0.4, 0.5) is 13.2 Å². The molecule has 7 unspecified atom stereocenters. The van der Waals surface area contributed by atoms with E-state index in [9.17, 15) is 36.0 Å². The first-order chi connectivity index (χ1) is 13.5. The fourth-order valence-corrected chi connectivity index (χ4v) is 5.07. The molecular formula is C16H18BrF3O9S. The van der Waals surface area contributed by atoms with Crippen molar-refractivity contribution in [1.29, 1.82) is 0 Å². The fourth-order valence-electron chi connectivity index (χ4n) is 4.34. The highest BCUT2D eigenvalue weighted by Gasteiger charge is 2.70. The summed E-state index contributed by atoms with van der Waals surface area (Å²) in [7, 11) is -5.11. The predicted octanol–water partition coefficient (Wildman–Crippen LogP) is 1.24. The van der Waals surface area contributed by atoms with E-state index in [2.05, 4.69) is 20.7 Å². The molecule has 170 valence electrons. The number of halogens is 4. The van der Waals surface area contributed by atoms with E-state index in [1.54, 1.807) is 0 Å². The molecule has 30 heavy (non-hydrogen) atoms. The van der Waals surface area contributed by atoms with Gasteiger partial charge in [-0.2, -0.15) is 21.6 Å². The van der Waals surface area contributed by atoms with Gasteiger partial charge in [-0.3, -0.25) is 18.9 Å². The number of esters is 3. The molecule has 0 amide bonds. The van der Waals surface area contributed by atoms with Crippen LogP contribution in [0.1, 0.15) is 20.3 Å². The average molecular weight is 523 g/mol. The van der Waals surface area contributed by atoms with Gasteiger partial charge in [0.05, 0.1) is 11.8 Å². The van der Waals surface area contributed by atoms with Gasteiger partial charge in [0.2, 0.25) is 6.10 Å². The molecule has 1 N–H and O–H groups in total. The summed E-state index contributed by atoms with van der Waals surface area (Å²) in [4.78, 5) is 37.0. The van der Waals surface area contributed by atoms with Crippen LogP contribution in [-0.2, 0) is 38.7 Å². The number of carbonyl (C=O) groups is 3. The lowest BCUT2D eigenvalue weighted by Gasteiger charge is -2.32. The quantitative estimate of drug-likeness (QED) is 0.236. The summed E-state index contributed by atoms with van der Waals surface area (Å²) in [6, 6.07) is 0. The molecule has 14 heteroatoms. The van der Waals surface area contributed by atoms with E-state index >= 15 is 0 Å². The lowest BCUT2D eigenvalue weighted by atomic mass is 9.78. The van der Waals surface area contributed by atoms with Crippen molar-refractivity contribution in [1.82, 2.24) is 0 Å². The third kappa shape index (κ3) is 4.31. The molecule has 3 fully saturated rings. The SMILES string of the molecule is CC(C)(Br)C(=O)OC1C2CC3C1OC(=O)C3C2C(=O)OC(CS(=O)(=O)O)C(F)(F)F. The van der Waals surface area contributed by atoms with Crippen molar-refractivity contribution in [3.05, 3.63) is 0 Å². The third-order valence-corrected chi connectivity index (χ3v) is 6.58. The standard InChI is InChI=1S/C16H18BrF3O9S/c1-15(2,17)14(23)29-11-6-3-5-9(13(22)28-10(5)11)8(6)12(21)27-7(16(18,19)20)4-30(24,25)26/h5-11H,3-4H2,1-2H3,(H,24,25,26). The highest BCUT2D eigenvalue weighted by molar-refractivity contribution is 9.10. The second-order valence-corrected chi connectivity index (χ2v) is 11.6. The van der Waals surface area contributed by atoms with Crippen molar-refractivity contribution in [2.45, 2.75) is 49.1 Å². The Kier molecular flexibility index (Phi) is 5.68. The molecule has 7 atom stereocenters. The van der Waals surface area contributed by atoms with Crippen molar-refractivity contribution in [2.75, 3.05) is 5.75 Å². The minimum Gasteiger partial charge on any atom is -0.458 e. The normalized spacial score (nSPS) is 33.9. The van der Waals surface area contributed by atoms with E-state index in [-0.39, 0.29) is 6.42 Å². The van der Waals surface area contributed by atoms with E-state index in [0.717, 1.165) is 0 Å². The third-order valence-electron chi connectivity index (χ3n) is 5.53. The van der Waals surface area contributed by atoms with E-state index in [1.165, 1.54) is 13.8 Å². The van der Waals surface area contributed by atoms with Crippen molar-refractivity contribution in [3.63, 3.8) is 0 Å². The molecule has 0 aromatic rings. The van der Waals surface area contributed by atoms with Crippen LogP contribution in [0.15, 0.2) is 0 Å². The van der Waals surface area contributed by atoms with Gasteiger partial charge in [-0.25, -0.2) is 0 Å². The van der Waals surface area contributed by atoms with Crippen LogP contribution in [0.2, 0.25) is 0 Å². The number of fused-ring (bicyclic) bond motifs is 1. The van der Waals surface area contributed by atoms with E-state index < -0.39 is 86.3 Å². The van der Waals surface area contributed by atoms with Gasteiger partial charge in [-0.15, -0.1) is 0 Å². The number of carbonyl (C=O) groups excluding carboxylic acids is 3. The second-order valence-electron chi connectivity index (χ2n) is 8.07. The Morgan fingerprint density at radius 1 is 1.30 bits per heavy atom. The monoisotopic (exact) mass is 522 g/mol. The topological polar surface area (TPSA) is 133 Å². The highest BCUT2D eigenvalue weighted by Crippen LogP contribution is 2.59. The molecule has 0 radical (unpaired) electrons. The Morgan fingerprint density at radius 2 is 1.90 bits per heavy atom. The van der Waals surface area contributed by atoms with Gasteiger partial charge in [0.1, 0.15) is 22.3 Å². The largest absolute Gasteiger partial charge is 0.458 e. The van der Waals surface area contributed by atoms with Crippen LogP contribution in [0.3, 0.4) is 0 Å². The molecular weight excluding hydrogens is 505 g/mol. The van der Waals surface area contributed by atoms with Gasteiger partial charge in [-0.05, 0) is 20.3 Å². The molecule has 3 rings (SSSR count). The fraction of sp³-hybridized carbons (Fsp3) is 0.812. The first kappa shape index (κ1) is 23.3. The van der Waals surface area contributed by atoms with E-state index in [0.29, 0.717) is 0 Å². The number of alkyl halides is 4. The van der Waals surface area contributed by atoms with Gasteiger partial charge in [0, 0.05) is 11.8 Å². The van der Waals surface area contributed by atoms with Crippen LogP contribution in [-0.4, -0.2) is 65.4 Å². The average Bonchev–Trinajstić information content (AvgIpc) is 3.14. The van der Waals surface area contributed by atoms with Crippen LogP contribution in [0.25, 0.3) is 0 Å². The summed E-state index contributed by atoms with van der Waals surface area (Å²) in [5.74, 6) is -8.71. The van der Waals surface area contributed by atoms with Gasteiger partial charge in [0.15, 0.2) is 0 Å². The molecule has 0 aromatic carbocycles. The zero-order valence-electron chi connectivity index (χ0n) is 15.6. The maximum Gasteiger partial charge on any atom is 0.426 e. The minimum absolute atomic E-state index is 0.191. The molecule has 0 aromatic heterocycles. The lowest BCUT2D eigenvalue weighted by Crippen LogP contribution is -2.47. The zero-order chi connectivity index (χ0) is 22.8. The number of hydrogen-bond donors (Lipinski definition) is 1. The number of hydrogen-bond acceptors (Lipinski definition) is 8. The van der Waals surface area contributed by atoms with Gasteiger partial charge < -0.3 is 14.2 Å². The van der Waals surface area contributed by atoms with Crippen molar-refractivity contribution < 1.29 is 54.7 Å². The first-order valence-electron chi connectivity index (χ1n) is 8.83. The van der Waals surface area contributed by atoms with Crippen LogP contribution >= 0.6 is 15.9 Å². The summed E-state index contributed by atoms with van der Waals surface area (Å²) >= 11 is 3.12. The molecule has 1 aliphatic heterocycles. The molecule has 2 saturated carbocycles. The van der Waals surface area contributed by atoms with Crippen LogP contribution < -0.4 is 0 Å². The van der Waals surface area contributed by atoms with Crippen LogP contribution in [0.5, 0.6) is 0 Å². The molecule has 2 bridgehead atoms. The number of ether oxygens (including phenoxy) is 3. The molecule has 9 nitrogen and oxygen atoms in total. The van der Waals surface area contributed by atoms with E-state index in [1.807, 2.05) is 0 Å². The maximum atomic E-state index is 13.1. The Bertz CT molecular complexity index is 866. The second kappa shape index (κ2) is 7.33. The molecule has 3 aliphatic rings. The molecule has 0 spiro atoms. The molecule has 2 aliphatic carbocycles. The summed E-state index contributed by atoms with van der Waals surface area (Å²) in [5.41, 5.74) is 0. The van der Waals surface area contributed by atoms with Gasteiger partial charge >= 0.3 is 24.1 Å². The smallest absolute Gasteiger partial charge is 0.426 e. The van der Waals surface area contributed by atoms with Gasteiger partial charge in [-0.1, -0.05) is 15.9 Å². The Labute approximate surface area is 177 Å². The van der Waals surface area contributed by atoms with E-state index in [4.69, 9.17) is 14.0 Å². The summed E-state index contributed by atoms with van der Waals surface area (Å²) in [6.07, 6.45) is -10.1. The summed E-state index contributed by atoms with van der Waals surface area (Å²) < 4.78 is 83.7. The van der Waals surface area contributed by atoms with Gasteiger partial charge in [0.25, 0.3) is 10.1 Å². The number of rotatable bonds is 6.